The van der Waals surface area contributed by atoms with Crippen molar-refractivity contribution in [1.82, 2.24) is 14.9 Å². The maximum atomic E-state index is 14.2. The van der Waals surface area contributed by atoms with E-state index in [1.165, 1.54) is 25.1 Å². The van der Waals surface area contributed by atoms with Gasteiger partial charge in [0.05, 0.1) is 23.7 Å². The number of fused-ring (bicyclic) bond motifs is 4. The Bertz CT molecular complexity index is 1490. The third-order valence-electron chi connectivity index (χ3n) is 6.00. The van der Waals surface area contributed by atoms with Gasteiger partial charge < -0.3 is 24.3 Å². The molecule has 11 heteroatoms. The standard InChI is InChI=1S/C23H17F4N3O4/c1-30(22(32)17-4-9-3-12(24)15(27)7-16(9)28-17)18-8-34-23(33-2)20-19(18)10-5-13(25)14(26)6-11(10)21(31)29-20/h3-7,18,23,28H,8H2,1-2H3,(H,29,31)/t18-,23-/m0/s1. The van der Waals surface area contributed by atoms with E-state index in [1.807, 2.05) is 0 Å². The number of benzene rings is 2. The van der Waals surface area contributed by atoms with E-state index in [0.29, 0.717) is 10.9 Å². The first-order chi connectivity index (χ1) is 16.2. The molecule has 0 bridgehead atoms. The number of likely N-dealkylation sites (N-methyl/N-ethyl adjacent to an activating group) is 1. The Kier molecular flexibility index (Phi) is 5.18. The molecule has 5 rings (SSSR count). The predicted octanol–water partition coefficient (Wildman–Crippen LogP) is 4.05. The number of nitrogens with zero attached hydrogens (tertiary/aromatic N) is 1. The molecule has 0 saturated carbocycles. The van der Waals surface area contributed by atoms with Crippen molar-refractivity contribution in [3.8, 4) is 0 Å². The van der Waals surface area contributed by atoms with Crippen LogP contribution in [0.15, 0.2) is 35.1 Å². The van der Waals surface area contributed by atoms with Crippen LogP contribution in [0.4, 0.5) is 17.6 Å². The van der Waals surface area contributed by atoms with Crippen LogP contribution in [0, 0.1) is 23.3 Å². The number of carbonyl (C=O) groups is 1. The van der Waals surface area contributed by atoms with Crippen molar-refractivity contribution < 1.29 is 31.8 Å². The summed E-state index contributed by atoms with van der Waals surface area (Å²) in [5, 5.41) is 0.299. The number of aromatic amines is 2. The van der Waals surface area contributed by atoms with Gasteiger partial charge in [0.15, 0.2) is 29.6 Å². The number of rotatable bonds is 3. The van der Waals surface area contributed by atoms with E-state index >= 15 is 0 Å². The van der Waals surface area contributed by atoms with Crippen LogP contribution in [0.25, 0.3) is 21.7 Å². The van der Waals surface area contributed by atoms with Crippen molar-refractivity contribution in [3.05, 3.63) is 80.9 Å². The molecule has 0 aliphatic carbocycles. The summed E-state index contributed by atoms with van der Waals surface area (Å²) in [5.41, 5.74) is 0.0949. The summed E-state index contributed by atoms with van der Waals surface area (Å²) in [6.45, 7) is -0.0859. The van der Waals surface area contributed by atoms with Gasteiger partial charge in [-0.1, -0.05) is 0 Å². The normalized spacial score (nSPS) is 17.8. The first-order valence-electron chi connectivity index (χ1n) is 10.1. The van der Waals surface area contributed by atoms with Gasteiger partial charge in [0.2, 0.25) is 0 Å². The first-order valence-corrected chi connectivity index (χ1v) is 10.1. The molecule has 2 aromatic carbocycles. The van der Waals surface area contributed by atoms with Crippen molar-refractivity contribution in [2.24, 2.45) is 0 Å². The van der Waals surface area contributed by atoms with E-state index in [-0.39, 0.29) is 34.3 Å². The summed E-state index contributed by atoms with van der Waals surface area (Å²) in [4.78, 5) is 32.5. The summed E-state index contributed by atoms with van der Waals surface area (Å²) < 4.78 is 66.1. The van der Waals surface area contributed by atoms with Gasteiger partial charge in [-0.25, -0.2) is 17.6 Å². The fourth-order valence-corrected chi connectivity index (χ4v) is 4.31. The molecule has 3 heterocycles. The third kappa shape index (κ3) is 3.35. The second kappa shape index (κ2) is 7.96. The fourth-order valence-electron chi connectivity index (χ4n) is 4.31. The Labute approximate surface area is 188 Å². The second-order valence-corrected chi connectivity index (χ2v) is 7.96. The lowest BCUT2D eigenvalue weighted by Gasteiger charge is -2.36. The molecule has 2 aromatic heterocycles. The first kappa shape index (κ1) is 22.1. The van der Waals surface area contributed by atoms with Crippen LogP contribution in [0.2, 0.25) is 0 Å². The Morgan fingerprint density at radius 2 is 1.65 bits per heavy atom. The topological polar surface area (TPSA) is 87.4 Å². The fraction of sp³-hybridized carbons (Fsp3) is 0.217. The molecule has 4 aromatic rings. The molecule has 0 fully saturated rings. The number of carbonyl (C=O) groups excluding carboxylic acids is 1. The zero-order chi connectivity index (χ0) is 24.3. The predicted molar refractivity (Wildman–Crippen MR) is 113 cm³/mol. The molecular formula is C23H17F4N3O4. The smallest absolute Gasteiger partial charge is 0.270 e. The lowest BCUT2D eigenvalue weighted by atomic mass is 9.94. The number of methoxy groups -OCH3 is 1. The number of halogens is 4. The summed E-state index contributed by atoms with van der Waals surface area (Å²) >= 11 is 0. The Morgan fingerprint density at radius 1 is 1.00 bits per heavy atom. The van der Waals surface area contributed by atoms with Crippen LogP contribution in [-0.2, 0) is 9.47 Å². The van der Waals surface area contributed by atoms with Crippen molar-refractivity contribution in [2.45, 2.75) is 12.3 Å². The van der Waals surface area contributed by atoms with Crippen LogP contribution in [0.5, 0.6) is 0 Å². The van der Waals surface area contributed by atoms with E-state index in [4.69, 9.17) is 9.47 Å². The summed E-state index contributed by atoms with van der Waals surface area (Å²) in [5.74, 6) is -5.02. The summed E-state index contributed by atoms with van der Waals surface area (Å²) in [6, 6.07) is 4.14. The highest BCUT2D eigenvalue weighted by Gasteiger charge is 2.36. The van der Waals surface area contributed by atoms with Crippen molar-refractivity contribution in [1.29, 1.82) is 0 Å². The largest absolute Gasteiger partial charge is 0.350 e. The SMILES string of the molecule is CO[C@H]1OC[C@H](N(C)C(=O)c2cc3cc(F)c(F)cc3[nH]2)c2c1[nH]c(=O)c1cc(F)c(F)cc21. The number of ether oxygens (including phenoxy) is 2. The average molecular weight is 475 g/mol. The Hall–Kier alpha value is -3.70. The average Bonchev–Trinajstić information content (AvgIpc) is 3.21. The number of nitrogens with one attached hydrogen (secondary N) is 2. The monoisotopic (exact) mass is 475 g/mol. The zero-order valence-electron chi connectivity index (χ0n) is 17.8. The third-order valence-corrected chi connectivity index (χ3v) is 6.00. The van der Waals surface area contributed by atoms with E-state index in [1.54, 1.807) is 0 Å². The van der Waals surface area contributed by atoms with Gasteiger partial charge in [0, 0.05) is 36.7 Å². The zero-order valence-corrected chi connectivity index (χ0v) is 17.8. The van der Waals surface area contributed by atoms with Crippen LogP contribution in [-0.4, -0.2) is 41.5 Å². The van der Waals surface area contributed by atoms with Gasteiger partial charge in [-0.15, -0.1) is 0 Å². The molecule has 0 spiro atoms. The minimum atomic E-state index is -1.19. The molecule has 176 valence electrons. The lowest BCUT2D eigenvalue weighted by Crippen LogP contribution is -2.39. The number of pyridine rings is 1. The van der Waals surface area contributed by atoms with E-state index < -0.39 is 47.1 Å². The highest BCUT2D eigenvalue weighted by atomic mass is 19.2. The Balaban J connectivity index is 1.64. The van der Waals surface area contributed by atoms with E-state index in [2.05, 4.69) is 9.97 Å². The molecule has 1 aliphatic rings. The second-order valence-electron chi connectivity index (χ2n) is 7.96. The number of hydrogen-bond acceptors (Lipinski definition) is 4. The molecule has 0 saturated heterocycles. The van der Waals surface area contributed by atoms with Gasteiger partial charge in [0.1, 0.15) is 5.69 Å². The van der Waals surface area contributed by atoms with Gasteiger partial charge in [-0.2, -0.15) is 0 Å². The minimum Gasteiger partial charge on any atom is -0.350 e. The number of amides is 1. The number of H-pyrrole nitrogens is 2. The van der Waals surface area contributed by atoms with Gasteiger partial charge in [-0.3, -0.25) is 9.59 Å². The molecule has 2 atom stereocenters. The molecule has 1 aliphatic heterocycles. The molecular weight excluding hydrogens is 458 g/mol. The maximum absolute atomic E-state index is 14.2. The van der Waals surface area contributed by atoms with Crippen LogP contribution >= 0.6 is 0 Å². The summed E-state index contributed by atoms with van der Waals surface area (Å²) in [7, 11) is 2.80. The van der Waals surface area contributed by atoms with Crippen molar-refractivity contribution in [2.75, 3.05) is 20.8 Å². The van der Waals surface area contributed by atoms with Crippen LogP contribution in [0.3, 0.4) is 0 Å². The molecule has 1 amide bonds. The maximum Gasteiger partial charge on any atom is 0.270 e. The van der Waals surface area contributed by atoms with Crippen molar-refractivity contribution >= 4 is 27.6 Å². The lowest BCUT2D eigenvalue weighted by molar-refractivity contribution is -0.150. The van der Waals surface area contributed by atoms with E-state index in [9.17, 15) is 27.2 Å². The molecule has 7 nitrogen and oxygen atoms in total. The highest BCUT2D eigenvalue weighted by Crippen LogP contribution is 2.39. The highest BCUT2D eigenvalue weighted by molar-refractivity contribution is 5.98. The van der Waals surface area contributed by atoms with Crippen molar-refractivity contribution in [3.63, 3.8) is 0 Å². The van der Waals surface area contributed by atoms with Gasteiger partial charge in [0.25, 0.3) is 11.5 Å². The minimum absolute atomic E-state index is 0.0453. The quantitative estimate of drug-likeness (QED) is 0.438. The number of hydrogen-bond donors (Lipinski definition) is 2. The van der Waals surface area contributed by atoms with E-state index in [0.717, 1.165) is 24.3 Å². The number of aromatic nitrogens is 2. The summed E-state index contributed by atoms with van der Waals surface area (Å²) in [6.07, 6.45) is -1.00. The van der Waals surface area contributed by atoms with Crippen LogP contribution < -0.4 is 5.56 Å². The molecule has 0 radical (unpaired) electrons. The molecule has 2 N–H and O–H groups in total. The van der Waals surface area contributed by atoms with Gasteiger partial charge >= 0.3 is 0 Å². The Morgan fingerprint density at radius 3 is 2.35 bits per heavy atom. The molecule has 34 heavy (non-hydrogen) atoms. The van der Waals surface area contributed by atoms with Crippen LogP contribution in [0.1, 0.15) is 34.1 Å². The molecule has 0 unspecified atom stereocenters. The van der Waals surface area contributed by atoms with Gasteiger partial charge in [-0.05, 0) is 29.7 Å².